The number of rotatable bonds is 7. The maximum absolute atomic E-state index is 14.0. The molecule has 0 atom stereocenters. The van der Waals surface area contributed by atoms with Crippen molar-refractivity contribution in [1.82, 2.24) is 19.9 Å². The van der Waals surface area contributed by atoms with E-state index >= 15 is 0 Å². The largest absolute Gasteiger partial charge is 0.494 e. The van der Waals surface area contributed by atoms with E-state index in [2.05, 4.69) is 46.5 Å². The smallest absolute Gasteiger partial charge is 0.307 e. The van der Waals surface area contributed by atoms with Crippen LogP contribution in [0.25, 0.3) is 11.0 Å². The van der Waals surface area contributed by atoms with Crippen molar-refractivity contribution >= 4 is 68.2 Å². The Morgan fingerprint density at radius 2 is 1.86 bits per heavy atom. The zero-order valence-electron chi connectivity index (χ0n) is 18.6. The fourth-order valence-electron chi connectivity index (χ4n) is 3.38. The number of nitrogens with one attached hydrogen (secondary N) is 2. The number of nitro groups is 1. The Morgan fingerprint density at radius 3 is 2.54 bits per heavy atom. The van der Waals surface area contributed by atoms with E-state index in [4.69, 9.17) is 4.74 Å². The van der Waals surface area contributed by atoms with Crippen LogP contribution in [-0.2, 0) is 4.57 Å². The van der Waals surface area contributed by atoms with Gasteiger partial charge in [0.1, 0.15) is 24.2 Å². The fraction of sp³-hybridized carbons (Fsp3) is 0.143. The number of nitrogens with zero attached hydrogens (tertiary/aromatic N) is 5. The molecule has 0 saturated carbocycles. The average Bonchev–Trinajstić information content (AvgIpc) is 2.80. The Kier molecular flexibility index (Phi) is 6.64. The number of anilines is 4. The Balaban J connectivity index is 1.75. The van der Waals surface area contributed by atoms with Gasteiger partial charge in [0.2, 0.25) is 11.8 Å². The lowest BCUT2D eigenvalue weighted by Crippen LogP contribution is -2.14. The second kappa shape index (κ2) is 9.51. The van der Waals surface area contributed by atoms with Crippen molar-refractivity contribution in [1.29, 1.82) is 0 Å². The zero-order valence-corrected chi connectivity index (χ0v) is 21.1. The molecule has 4 aromatic rings. The molecule has 0 bridgehead atoms. The van der Waals surface area contributed by atoms with Crippen molar-refractivity contribution < 1.29 is 18.6 Å². The van der Waals surface area contributed by atoms with Gasteiger partial charge >= 0.3 is 5.69 Å². The number of ether oxygens (including phenoxy) is 1. The third kappa shape index (κ3) is 5.05. The van der Waals surface area contributed by atoms with Crippen molar-refractivity contribution in [3.63, 3.8) is 0 Å². The molecule has 180 valence electrons. The summed E-state index contributed by atoms with van der Waals surface area (Å²) in [6.45, 7) is 3.27. The van der Waals surface area contributed by atoms with Crippen molar-refractivity contribution in [2.45, 2.75) is 0 Å². The Morgan fingerprint density at radius 1 is 1.11 bits per heavy atom. The molecule has 2 aromatic carbocycles. The van der Waals surface area contributed by atoms with Crippen LogP contribution in [0.2, 0.25) is 0 Å². The first-order valence-corrected chi connectivity index (χ1v) is 13.4. The maximum atomic E-state index is 14.0. The molecule has 2 aromatic heterocycles. The molecule has 0 aliphatic rings. The number of hydrogen-bond donors (Lipinski definition) is 2. The minimum atomic E-state index is -2.81. The lowest BCUT2D eigenvalue weighted by atomic mass is 10.2. The van der Waals surface area contributed by atoms with Gasteiger partial charge in [-0.1, -0.05) is 0 Å². The highest BCUT2D eigenvalue weighted by molar-refractivity contribution is 9.10. The third-order valence-corrected chi connectivity index (χ3v) is 6.97. The summed E-state index contributed by atoms with van der Waals surface area (Å²) in [6, 6.07) is 5.39. The first kappa shape index (κ1) is 24.4. The SMILES string of the molecule is COc1cc(F)c([N+](=O)[O-])cc1Nc1ncc(Br)c(Nc2ccc3nccnc3c2P(C)(C)=O)n1. The Hall–Kier alpha value is -3.70. The van der Waals surface area contributed by atoms with Gasteiger partial charge in [0.15, 0.2) is 0 Å². The first-order valence-electron chi connectivity index (χ1n) is 9.96. The number of nitro benzene ring substituents is 1. The lowest BCUT2D eigenvalue weighted by Gasteiger charge is -2.17. The third-order valence-electron chi connectivity index (χ3n) is 4.86. The van der Waals surface area contributed by atoms with Crippen LogP contribution in [-0.4, -0.2) is 45.3 Å². The van der Waals surface area contributed by atoms with Crippen molar-refractivity contribution in [3.8, 4) is 5.75 Å². The van der Waals surface area contributed by atoms with E-state index < -0.39 is 23.6 Å². The summed E-state index contributed by atoms with van der Waals surface area (Å²) in [4.78, 5) is 27.5. The van der Waals surface area contributed by atoms with Gasteiger partial charge in [-0.25, -0.2) is 4.98 Å². The van der Waals surface area contributed by atoms with Crippen LogP contribution < -0.4 is 20.7 Å². The molecule has 4 rings (SSSR count). The summed E-state index contributed by atoms with van der Waals surface area (Å²) in [6.07, 6.45) is 4.55. The molecule has 35 heavy (non-hydrogen) atoms. The van der Waals surface area contributed by atoms with Gasteiger partial charge in [0, 0.05) is 30.7 Å². The topological polar surface area (TPSA) is 145 Å². The zero-order chi connectivity index (χ0) is 25.3. The van der Waals surface area contributed by atoms with Crippen LogP contribution in [0.4, 0.5) is 33.2 Å². The molecular formula is C21H18BrFN7O4P. The van der Waals surface area contributed by atoms with Crippen LogP contribution in [0.5, 0.6) is 5.75 Å². The van der Waals surface area contributed by atoms with Crippen LogP contribution in [0.1, 0.15) is 0 Å². The second-order valence-corrected chi connectivity index (χ2v) is 11.6. The van der Waals surface area contributed by atoms with Gasteiger partial charge in [-0.15, -0.1) is 0 Å². The summed E-state index contributed by atoms with van der Waals surface area (Å²) in [5, 5.41) is 17.6. The van der Waals surface area contributed by atoms with Crippen molar-refractivity contribution in [2.24, 2.45) is 0 Å². The number of hydrogen-bond acceptors (Lipinski definition) is 10. The summed E-state index contributed by atoms with van der Waals surface area (Å²) >= 11 is 3.39. The summed E-state index contributed by atoms with van der Waals surface area (Å²) in [7, 11) is -1.50. The quantitative estimate of drug-likeness (QED) is 0.180. The van der Waals surface area contributed by atoms with Crippen LogP contribution >= 0.6 is 23.1 Å². The number of benzene rings is 2. The Bertz CT molecular complexity index is 1520. The molecule has 2 N–H and O–H groups in total. The van der Waals surface area contributed by atoms with Gasteiger partial charge in [0.25, 0.3) is 0 Å². The Labute approximate surface area is 206 Å². The van der Waals surface area contributed by atoms with Crippen molar-refractivity contribution in [2.75, 3.05) is 31.1 Å². The molecule has 0 unspecified atom stereocenters. The van der Waals surface area contributed by atoms with E-state index in [9.17, 15) is 19.1 Å². The molecule has 0 radical (unpaired) electrons. The molecule has 0 aliphatic carbocycles. The number of aromatic nitrogens is 4. The monoisotopic (exact) mass is 561 g/mol. The van der Waals surface area contributed by atoms with Gasteiger partial charge in [-0.3, -0.25) is 20.1 Å². The molecule has 11 nitrogen and oxygen atoms in total. The molecule has 2 heterocycles. The normalized spacial score (nSPS) is 11.3. The van der Waals surface area contributed by atoms with Gasteiger partial charge in [0.05, 0.1) is 38.7 Å². The predicted octanol–water partition coefficient (Wildman–Crippen LogP) is 4.97. The molecule has 0 aliphatic heterocycles. The average molecular weight is 562 g/mol. The van der Waals surface area contributed by atoms with Gasteiger partial charge in [-0.05, 0) is 41.4 Å². The van der Waals surface area contributed by atoms with Crippen LogP contribution in [0.15, 0.2) is 47.3 Å². The van der Waals surface area contributed by atoms with E-state index in [1.54, 1.807) is 31.7 Å². The summed E-state index contributed by atoms with van der Waals surface area (Å²) in [5.74, 6) is -0.640. The van der Waals surface area contributed by atoms with Gasteiger partial charge in [-0.2, -0.15) is 9.37 Å². The molecule has 0 spiro atoms. The van der Waals surface area contributed by atoms with E-state index in [0.717, 1.165) is 12.1 Å². The predicted molar refractivity (Wildman–Crippen MR) is 135 cm³/mol. The minimum Gasteiger partial charge on any atom is -0.494 e. The highest BCUT2D eigenvalue weighted by Gasteiger charge is 2.23. The molecule has 14 heteroatoms. The van der Waals surface area contributed by atoms with Crippen molar-refractivity contribution in [3.05, 3.63) is 63.3 Å². The lowest BCUT2D eigenvalue weighted by molar-refractivity contribution is -0.387. The highest BCUT2D eigenvalue weighted by atomic mass is 79.9. The summed E-state index contributed by atoms with van der Waals surface area (Å²) < 4.78 is 32.8. The van der Waals surface area contributed by atoms with Crippen LogP contribution in [0, 0.1) is 15.9 Å². The fourth-order valence-corrected chi connectivity index (χ4v) is 5.06. The second-order valence-electron chi connectivity index (χ2n) is 7.64. The highest BCUT2D eigenvalue weighted by Crippen LogP contribution is 2.41. The van der Waals surface area contributed by atoms with E-state index in [1.165, 1.54) is 19.5 Å². The number of fused-ring (bicyclic) bond motifs is 1. The molecule has 0 saturated heterocycles. The first-order chi connectivity index (χ1) is 16.6. The minimum absolute atomic E-state index is 0.0300. The standard InChI is InChI=1S/C21H18BrFN7O4P/c1-34-17-8-12(23)16(30(31)32)9-15(17)28-21-26-10-11(22)20(29-21)27-14-5-4-13-18(25-7-6-24-13)19(14)35(2,3)33/h4-10H,1-3H3,(H2,26,27,28,29). The maximum Gasteiger partial charge on any atom is 0.307 e. The molecule has 0 fully saturated rings. The number of methoxy groups -OCH3 is 1. The molecule has 0 amide bonds. The van der Waals surface area contributed by atoms with Crippen LogP contribution in [0.3, 0.4) is 0 Å². The number of halogens is 2. The van der Waals surface area contributed by atoms with E-state index in [-0.39, 0.29) is 17.4 Å². The van der Waals surface area contributed by atoms with Gasteiger partial charge < -0.3 is 19.9 Å². The van der Waals surface area contributed by atoms with E-state index in [1.807, 2.05) is 0 Å². The van der Waals surface area contributed by atoms with E-state index in [0.29, 0.717) is 32.3 Å². The summed E-state index contributed by atoms with van der Waals surface area (Å²) in [5.41, 5.74) is 1.00. The molecular weight excluding hydrogens is 544 g/mol.